The first-order valence-electron chi connectivity index (χ1n) is 8.79. The van der Waals surface area contributed by atoms with E-state index in [9.17, 15) is 0 Å². The fraction of sp³-hybridized carbons (Fsp3) is 0.421. The molecule has 1 aromatic heterocycles. The van der Waals surface area contributed by atoms with E-state index in [0.29, 0.717) is 5.92 Å². The van der Waals surface area contributed by atoms with Crippen LogP contribution in [0.25, 0.3) is 0 Å². The van der Waals surface area contributed by atoms with Gasteiger partial charge in [-0.2, -0.15) is 0 Å². The Bertz CT molecular complexity index is 675. The van der Waals surface area contributed by atoms with E-state index in [1.54, 1.807) is 11.3 Å². The quantitative estimate of drug-likeness (QED) is 0.312. The van der Waals surface area contributed by atoms with E-state index in [4.69, 9.17) is 0 Å². The molecule has 0 saturated carbocycles. The van der Waals surface area contributed by atoms with Crippen molar-refractivity contribution in [3.05, 3.63) is 51.1 Å². The highest BCUT2D eigenvalue weighted by atomic mass is 127. The number of thiophene rings is 1. The zero-order valence-electron chi connectivity index (χ0n) is 15.0. The molecule has 0 aliphatic carbocycles. The van der Waals surface area contributed by atoms with Crippen LogP contribution in [0.1, 0.15) is 18.2 Å². The minimum Gasteiger partial charge on any atom is -0.371 e. The number of hydrogen-bond acceptors (Lipinski definition) is 3. The van der Waals surface area contributed by atoms with E-state index in [1.165, 1.54) is 17.0 Å². The molecule has 1 aliphatic rings. The second kappa shape index (κ2) is 11.1. The molecule has 0 spiro atoms. The number of hydrogen-bond donors (Lipinski definition) is 2. The molecule has 1 aromatic carbocycles. The van der Waals surface area contributed by atoms with Gasteiger partial charge in [0.2, 0.25) is 0 Å². The Hall–Kier alpha value is -0.800. The van der Waals surface area contributed by atoms with Gasteiger partial charge in [0.1, 0.15) is 0 Å². The Morgan fingerprint density at radius 3 is 2.77 bits per heavy atom. The third-order valence-corrected chi connectivity index (χ3v) is 5.74. The number of anilines is 1. The smallest absolute Gasteiger partial charge is 0.191 e. The number of halogens is 2. The molecule has 26 heavy (non-hydrogen) atoms. The van der Waals surface area contributed by atoms with Gasteiger partial charge in [0.05, 0.1) is 6.54 Å². The minimum absolute atomic E-state index is 0. The van der Waals surface area contributed by atoms with Gasteiger partial charge in [-0.05, 0) is 55.0 Å². The molecule has 1 fully saturated rings. The highest BCUT2D eigenvalue weighted by Gasteiger charge is 2.22. The summed E-state index contributed by atoms with van der Waals surface area (Å²) in [6.07, 6.45) is 1.22. The normalized spacial score (nSPS) is 17.1. The Balaban J connectivity index is 0.00000243. The number of guanidine groups is 1. The fourth-order valence-corrected chi connectivity index (χ4v) is 3.92. The van der Waals surface area contributed by atoms with Gasteiger partial charge in [-0.1, -0.05) is 22.0 Å². The molecular weight excluding hydrogens is 523 g/mol. The molecule has 142 valence electrons. The van der Waals surface area contributed by atoms with Crippen LogP contribution in [0.4, 0.5) is 5.69 Å². The monoisotopic (exact) mass is 548 g/mol. The summed E-state index contributed by atoms with van der Waals surface area (Å²) >= 11 is 5.26. The van der Waals surface area contributed by atoms with Crippen LogP contribution in [0.3, 0.4) is 0 Å². The molecule has 7 heteroatoms. The lowest BCUT2D eigenvalue weighted by molar-refractivity contribution is 0.566. The molecule has 3 rings (SSSR count). The average Bonchev–Trinajstić information content (AvgIpc) is 3.30. The van der Waals surface area contributed by atoms with Crippen LogP contribution in [0.15, 0.2) is 51.2 Å². The second-order valence-corrected chi connectivity index (χ2v) is 8.18. The number of aliphatic imine (C=N–C) groups is 1. The molecular formula is C19H26BrIN4S. The molecule has 1 aliphatic heterocycles. The highest BCUT2D eigenvalue weighted by Crippen LogP contribution is 2.24. The van der Waals surface area contributed by atoms with E-state index in [0.717, 1.165) is 43.2 Å². The van der Waals surface area contributed by atoms with Gasteiger partial charge in [-0.15, -0.1) is 35.3 Å². The summed E-state index contributed by atoms with van der Waals surface area (Å²) in [4.78, 5) is 8.45. The largest absolute Gasteiger partial charge is 0.371 e. The van der Waals surface area contributed by atoms with Crippen molar-refractivity contribution in [2.45, 2.75) is 19.9 Å². The van der Waals surface area contributed by atoms with Crippen molar-refractivity contribution in [3.63, 3.8) is 0 Å². The maximum Gasteiger partial charge on any atom is 0.191 e. The number of rotatable bonds is 6. The average molecular weight is 549 g/mol. The lowest BCUT2D eigenvalue weighted by Crippen LogP contribution is -2.40. The van der Waals surface area contributed by atoms with Crippen LogP contribution in [-0.2, 0) is 6.54 Å². The zero-order valence-corrected chi connectivity index (χ0v) is 19.7. The summed E-state index contributed by atoms with van der Waals surface area (Å²) in [5.41, 5.74) is 1.31. The Morgan fingerprint density at radius 1 is 1.27 bits per heavy atom. The third-order valence-electron chi connectivity index (χ3n) is 4.35. The Labute approximate surface area is 185 Å². The molecule has 4 nitrogen and oxygen atoms in total. The molecule has 0 radical (unpaired) electrons. The predicted octanol–water partition coefficient (Wildman–Crippen LogP) is 4.71. The van der Waals surface area contributed by atoms with E-state index < -0.39 is 0 Å². The van der Waals surface area contributed by atoms with E-state index in [1.807, 2.05) is 0 Å². The molecule has 2 aromatic rings. The van der Waals surface area contributed by atoms with Gasteiger partial charge in [0.15, 0.2) is 5.96 Å². The minimum atomic E-state index is 0. The standard InChI is InChI=1S/C19H25BrN4S.HI/c1-2-21-19(23-13-18-4-3-11-25-18)22-12-15-9-10-24(14-15)17-7-5-16(20)6-8-17;/h3-8,11,15H,2,9-10,12-14H2,1H3,(H2,21,22,23);1H. The van der Waals surface area contributed by atoms with Crippen molar-refractivity contribution >= 4 is 62.9 Å². The summed E-state index contributed by atoms with van der Waals surface area (Å²) in [5.74, 6) is 1.56. The van der Waals surface area contributed by atoms with Crippen molar-refractivity contribution in [2.24, 2.45) is 10.9 Å². The van der Waals surface area contributed by atoms with Gasteiger partial charge in [-0.25, -0.2) is 4.99 Å². The van der Waals surface area contributed by atoms with E-state index >= 15 is 0 Å². The predicted molar refractivity (Wildman–Crippen MR) is 127 cm³/mol. The molecule has 1 unspecified atom stereocenters. The van der Waals surface area contributed by atoms with Gasteiger partial charge < -0.3 is 15.5 Å². The van der Waals surface area contributed by atoms with Crippen molar-refractivity contribution in [2.75, 3.05) is 31.1 Å². The molecule has 0 amide bonds. The number of nitrogens with one attached hydrogen (secondary N) is 2. The van der Waals surface area contributed by atoms with Crippen LogP contribution in [-0.4, -0.2) is 32.1 Å². The SMILES string of the molecule is CCNC(=NCc1cccs1)NCC1CCN(c2ccc(Br)cc2)C1.I. The maximum absolute atomic E-state index is 4.69. The van der Waals surface area contributed by atoms with Crippen molar-refractivity contribution in [1.29, 1.82) is 0 Å². The van der Waals surface area contributed by atoms with E-state index in [-0.39, 0.29) is 24.0 Å². The summed E-state index contributed by atoms with van der Waals surface area (Å²) in [6.45, 7) is 6.90. The summed E-state index contributed by atoms with van der Waals surface area (Å²) < 4.78 is 1.13. The first-order valence-corrected chi connectivity index (χ1v) is 10.5. The fourth-order valence-electron chi connectivity index (χ4n) is 3.03. The lowest BCUT2D eigenvalue weighted by atomic mass is 10.1. The first-order chi connectivity index (χ1) is 12.2. The van der Waals surface area contributed by atoms with E-state index in [2.05, 4.69) is 85.2 Å². The zero-order chi connectivity index (χ0) is 17.5. The first kappa shape index (κ1) is 21.5. The Morgan fingerprint density at radius 2 is 2.08 bits per heavy atom. The van der Waals surface area contributed by atoms with Crippen LogP contribution >= 0.6 is 51.2 Å². The summed E-state index contributed by atoms with van der Waals surface area (Å²) in [6, 6.07) is 12.8. The molecule has 1 saturated heterocycles. The van der Waals surface area contributed by atoms with Crippen molar-refractivity contribution in [1.82, 2.24) is 10.6 Å². The lowest BCUT2D eigenvalue weighted by Gasteiger charge is -2.19. The van der Waals surface area contributed by atoms with Crippen LogP contribution in [0.5, 0.6) is 0 Å². The molecule has 0 bridgehead atoms. The third kappa shape index (κ3) is 6.42. The number of benzene rings is 1. The van der Waals surface area contributed by atoms with Gasteiger partial charge in [0.25, 0.3) is 0 Å². The van der Waals surface area contributed by atoms with Gasteiger partial charge in [-0.3, -0.25) is 0 Å². The highest BCUT2D eigenvalue weighted by molar-refractivity contribution is 14.0. The number of nitrogens with zero attached hydrogens (tertiary/aromatic N) is 2. The van der Waals surface area contributed by atoms with Crippen molar-refractivity contribution in [3.8, 4) is 0 Å². The van der Waals surface area contributed by atoms with Crippen LogP contribution in [0, 0.1) is 5.92 Å². The second-order valence-electron chi connectivity index (χ2n) is 6.23. The maximum atomic E-state index is 4.69. The Kier molecular flexibility index (Phi) is 9.21. The summed E-state index contributed by atoms with van der Waals surface area (Å²) in [5, 5.41) is 8.96. The summed E-state index contributed by atoms with van der Waals surface area (Å²) in [7, 11) is 0. The van der Waals surface area contributed by atoms with Gasteiger partial charge in [0, 0.05) is 41.2 Å². The van der Waals surface area contributed by atoms with Crippen LogP contribution < -0.4 is 15.5 Å². The van der Waals surface area contributed by atoms with Crippen molar-refractivity contribution < 1.29 is 0 Å². The van der Waals surface area contributed by atoms with Crippen LogP contribution in [0.2, 0.25) is 0 Å². The topological polar surface area (TPSA) is 39.7 Å². The molecule has 2 heterocycles. The molecule has 2 N–H and O–H groups in total. The molecule has 1 atom stereocenters. The van der Waals surface area contributed by atoms with Gasteiger partial charge >= 0.3 is 0 Å².